The highest BCUT2D eigenvalue weighted by molar-refractivity contribution is 9.10. The molecule has 114 valence electrons. The van der Waals surface area contributed by atoms with Crippen LogP contribution in [0.3, 0.4) is 0 Å². The molecule has 0 fully saturated rings. The molecule has 3 amide bonds. The second-order valence-electron chi connectivity index (χ2n) is 4.78. The van der Waals surface area contributed by atoms with Crippen molar-refractivity contribution in [3.8, 4) is 0 Å². The average Bonchev–Trinajstić information content (AvgIpc) is 2.47. The molecule has 0 aliphatic carbocycles. The van der Waals surface area contributed by atoms with Crippen LogP contribution in [0.2, 0.25) is 0 Å². The van der Waals surface area contributed by atoms with Crippen LogP contribution < -0.4 is 16.4 Å². The summed E-state index contributed by atoms with van der Waals surface area (Å²) in [5.74, 6) is -0.186. The minimum absolute atomic E-state index is 0.133. The van der Waals surface area contributed by atoms with Gasteiger partial charge in [-0.2, -0.15) is 0 Å². The maximum Gasteiger partial charge on any atom is 0.316 e. The van der Waals surface area contributed by atoms with E-state index in [4.69, 9.17) is 5.73 Å². The third-order valence-electron chi connectivity index (χ3n) is 3.13. The summed E-state index contributed by atoms with van der Waals surface area (Å²) >= 11 is 3.47. The minimum atomic E-state index is -0.639. The van der Waals surface area contributed by atoms with Crippen molar-refractivity contribution >= 4 is 33.6 Å². The van der Waals surface area contributed by atoms with Crippen LogP contribution >= 0.6 is 15.9 Å². The fourth-order valence-electron chi connectivity index (χ4n) is 2.03. The number of halogens is 1. The molecule has 5 nitrogen and oxygen atoms in total. The van der Waals surface area contributed by atoms with Crippen molar-refractivity contribution in [1.82, 2.24) is 5.32 Å². The number of benzene rings is 2. The third-order valence-corrected chi connectivity index (χ3v) is 3.86. The number of nitrogens with two attached hydrogens (primary N) is 1. The second kappa shape index (κ2) is 7.09. The third kappa shape index (κ3) is 4.08. The van der Waals surface area contributed by atoms with Gasteiger partial charge in [-0.3, -0.25) is 4.79 Å². The second-order valence-corrected chi connectivity index (χ2v) is 5.64. The first-order valence-corrected chi connectivity index (χ1v) is 7.48. The number of urea groups is 1. The largest absolute Gasteiger partial charge is 0.351 e. The van der Waals surface area contributed by atoms with Crippen LogP contribution in [0.1, 0.15) is 28.9 Å². The monoisotopic (exact) mass is 361 g/mol. The van der Waals surface area contributed by atoms with Crippen molar-refractivity contribution in [3.63, 3.8) is 0 Å². The van der Waals surface area contributed by atoms with Gasteiger partial charge >= 0.3 is 6.03 Å². The topological polar surface area (TPSA) is 84.2 Å². The number of hydrogen-bond donors (Lipinski definition) is 3. The standard InChI is InChI=1S/C16H16BrN3O2/c1-10(13-4-2-3-5-14(13)17)19-15(21)11-6-8-12(9-7-11)20-16(18)22/h2-10H,1H3,(H,19,21)(H3,18,20,22). The number of rotatable bonds is 4. The van der Waals surface area contributed by atoms with Gasteiger partial charge in [0.25, 0.3) is 5.91 Å². The molecule has 0 aliphatic rings. The van der Waals surface area contributed by atoms with E-state index in [1.54, 1.807) is 24.3 Å². The van der Waals surface area contributed by atoms with E-state index in [2.05, 4.69) is 26.6 Å². The predicted octanol–water partition coefficient (Wildman–Crippen LogP) is 3.43. The quantitative estimate of drug-likeness (QED) is 0.779. The Balaban J connectivity index is 2.06. The maximum atomic E-state index is 12.2. The molecule has 0 spiro atoms. The lowest BCUT2D eigenvalue weighted by Gasteiger charge is -2.16. The molecule has 0 radical (unpaired) electrons. The zero-order valence-electron chi connectivity index (χ0n) is 12.0. The van der Waals surface area contributed by atoms with Crippen LogP contribution in [0.4, 0.5) is 10.5 Å². The van der Waals surface area contributed by atoms with Crippen LogP contribution in [-0.4, -0.2) is 11.9 Å². The number of carbonyl (C=O) groups excluding carboxylic acids is 2. The van der Waals surface area contributed by atoms with Crippen LogP contribution in [-0.2, 0) is 0 Å². The molecular weight excluding hydrogens is 346 g/mol. The highest BCUT2D eigenvalue weighted by atomic mass is 79.9. The molecule has 4 N–H and O–H groups in total. The minimum Gasteiger partial charge on any atom is -0.351 e. The Morgan fingerprint density at radius 3 is 2.32 bits per heavy atom. The summed E-state index contributed by atoms with van der Waals surface area (Å²) in [6.45, 7) is 1.92. The van der Waals surface area contributed by atoms with Gasteiger partial charge in [-0.15, -0.1) is 0 Å². The van der Waals surface area contributed by atoms with Crippen molar-refractivity contribution in [2.24, 2.45) is 5.73 Å². The van der Waals surface area contributed by atoms with E-state index >= 15 is 0 Å². The SMILES string of the molecule is CC(NC(=O)c1ccc(NC(N)=O)cc1)c1ccccc1Br. The summed E-state index contributed by atoms with van der Waals surface area (Å²) in [7, 11) is 0. The normalized spacial score (nSPS) is 11.5. The van der Waals surface area contributed by atoms with Crippen molar-refractivity contribution in [3.05, 3.63) is 64.1 Å². The van der Waals surface area contributed by atoms with E-state index in [1.807, 2.05) is 31.2 Å². The molecular formula is C16H16BrN3O2. The van der Waals surface area contributed by atoms with E-state index in [0.717, 1.165) is 10.0 Å². The molecule has 1 atom stereocenters. The van der Waals surface area contributed by atoms with E-state index < -0.39 is 6.03 Å². The molecule has 0 saturated heterocycles. The van der Waals surface area contributed by atoms with Gasteiger partial charge in [0.1, 0.15) is 0 Å². The highest BCUT2D eigenvalue weighted by Gasteiger charge is 2.13. The first kappa shape index (κ1) is 16.0. The van der Waals surface area contributed by atoms with Gasteiger partial charge < -0.3 is 16.4 Å². The van der Waals surface area contributed by atoms with Crippen LogP contribution in [0.5, 0.6) is 0 Å². The Kier molecular flexibility index (Phi) is 5.16. The molecule has 22 heavy (non-hydrogen) atoms. The summed E-state index contributed by atoms with van der Waals surface area (Å²) in [5, 5.41) is 5.38. The van der Waals surface area contributed by atoms with E-state index in [1.165, 1.54) is 0 Å². The van der Waals surface area contributed by atoms with Gasteiger partial charge in [0.2, 0.25) is 0 Å². The number of amides is 3. The first-order valence-electron chi connectivity index (χ1n) is 6.69. The Labute approximate surface area is 137 Å². The number of anilines is 1. The first-order chi connectivity index (χ1) is 10.5. The Morgan fingerprint density at radius 1 is 1.09 bits per heavy atom. The smallest absolute Gasteiger partial charge is 0.316 e. The molecule has 0 heterocycles. The van der Waals surface area contributed by atoms with Crippen LogP contribution in [0.15, 0.2) is 53.0 Å². The molecule has 0 aromatic heterocycles. The number of primary amides is 1. The number of nitrogens with one attached hydrogen (secondary N) is 2. The van der Waals surface area contributed by atoms with Crippen molar-refractivity contribution in [1.29, 1.82) is 0 Å². The van der Waals surface area contributed by atoms with Gasteiger partial charge in [-0.05, 0) is 42.8 Å². The lowest BCUT2D eigenvalue weighted by molar-refractivity contribution is 0.0940. The van der Waals surface area contributed by atoms with Gasteiger partial charge in [-0.1, -0.05) is 34.1 Å². The Bertz CT molecular complexity index is 686. The maximum absolute atomic E-state index is 12.2. The molecule has 2 aromatic carbocycles. The molecule has 1 unspecified atom stereocenters. The summed E-state index contributed by atoms with van der Waals surface area (Å²) in [4.78, 5) is 23.0. The van der Waals surface area contributed by atoms with E-state index in [-0.39, 0.29) is 11.9 Å². The average molecular weight is 362 g/mol. The molecule has 0 saturated carbocycles. The van der Waals surface area contributed by atoms with Crippen LogP contribution in [0, 0.1) is 0 Å². The Morgan fingerprint density at radius 2 is 1.73 bits per heavy atom. The summed E-state index contributed by atoms with van der Waals surface area (Å²) < 4.78 is 0.948. The summed E-state index contributed by atoms with van der Waals surface area (Å²) in [6.07, 6.45) is 0. The zero-order chi connectivity index (χ0) is 16.1. The fourth-order valence-corrected chi connectivity index (χ4v) is 2.66. The molecule has 6 heteroatoms. The lowest BCUT2D eigenvalue weighted by atomic mass is 10.1. The van der Waals surface area contributed by atoms with Crippen molar-refractivity contribution in [2.45, 2.75) is 13.0 Å². The molecule has 2 aromatic rings. The van der Waals surface area contributed by atoms with Gasteiger partial charge in [0.05, 0.1) is 6.04 Å². The van der Waals surface area contributed by atoms with Gasteiger partial charge in [0, 0.05) is 15.7 Å². The van der Waals surface area contributed by atoms with Crippen molar-refractivity contribution < 1.29 is 9.59 Å². The van der Waals surface area contributed by atoms with E-state index in [9.17, 15) is 9.59 Å². The predicted molar refractivity (Wildman–Crippen MR) is 89.7 cm³/mol. The number of hydrogen-bond acceptors (Lipinski definition) is 2. The molecule has 0 aliphatic heterocycles. The Hall–Kier alpha value is -2.34. The van der Waals surface area contributed by atoms with Gasteiger partial charge in [0.15, 0.2) is 0 Å². The van der Waals surface area contributed by atoms with Gasteiger partial charge in [-0.25, -0.2) is 4.79 Å². The molecule has 0 bridgehead atoms. The summed E-state index contributed by atoms with van der Waals surface area (Å²) in [6, 6.07) is 13.5. The highest BCUT2D eigenvalue weighted by Crippen LogP contribution is 2.23. The molecule has 2 rings (SSSR count). The van der Waals surface area contributed by atoms with Crippen molar-refractivity contribution in [2.75, 3.05) is 5.32 Å². The van der Waals surface area contributed by atoms with E-state index in [0.29, 0.717) is 11.3 Å². The van der Waals surface area contributed by atoms with Crippen LogP contribution in [0.25, 0.3) is 0 Å². The lowest BCUT2D eigenvalue weighted by Crippen LogP contribution is -2.27. The summed E-state index contributed by atoms with van der Waals surface area (Å²) in [5.41, 5.74) is 7.09. The number of carbonyl (C=O) groups is 2. The fraction of sp³-hybridized carbons (Fsp3) is 0.125. The zero-order valence-corrected chi connectivity index (χ0v) is 13.6.